The van der Waals surface area contributed by atoms with Gasteiger partial charge in [0.25, 0.3) is 0 Å². The fourth-order valence-corrected chi connectivity index (χ4v) is 11.9. The van der Waals surface area contributed by atoms with Crippen LogP contribution in [0.15, 0.2) is 273 Å². The first-order chi connectivity index (χ1) is 34.8. The van der Waals surface area contributed by atoms with Gasteiger partial charge in [-0.1, -0.05) is 200 Å². The number of para-hydroxylation sites is 4. The molecule has 1 aliphatic rings. The summed E-state index contributed by atoms with van der Waals surface area (Å²) in [5, 5.41) is 5.02. The van der Waals surface area contributed by atoms with Crippen LogP contribution in [0.3, 0.4) is 0 Å². The fraction of sp³-hybridized carbons (Fsp3) is 0.0149. The van der Waals surface area contributed by atoms with Crippen molar-refractivity contribution in [3.8, 4) is 33.6 Å². The van der Waals surface area contributed by atoms with E-state index in [1.165, 1.54) is 82.6 Å². The molecule has 2 aromatic heterocycles. The van der Waals surface area contributed by atoms with Gasteiger partial charge < -0.3 is 14.0 Å². The van der Waals surface area contributed by atoms with E-state index in [0.29, 0.717) is 0 Å². The fourth-order valence-electron chi connectivity index (χ4n) is 11.9. The summed E-state index contributed by atoms with van der Waals surface area (Å²) in [7, 11) is 0. The molecule has 3 nitrogen and oxygen atoms in total. The smallest absolute Gasteiger partial charge is 0.0714 e. The Morgan fingerprint density at radius 1 is 0.300 bits per heavy atom. The van der Waals surface area contributed by atoms with Crippen molar-refractivity contribution in [3.63, 3.8) is 0 Å². The largest absolute Gasteiger partial charge is 0.310 e. The van der Waals surface area contributed by atoms with Gasteiger partial charge in [-0.3, -0.25) is 0 Å². The zero-order valence-corrected chi connectivity index (χ0v) is 38.3. The Bertz CT molecular complexity index is 3960. The second-order valence-electron chi connectivity index (χ2n) is 18.4. The predicted molar refractivity (Wildman–Crippen MR) is 293 cm³/mol. The molecule has 14 rings (SSSR count). The molecule has 11 aromatic carbocycles. The summed E-state index contributed by atoms with van der Waals surface area (Å²) >= 11 is 0. The van der Waals surface area contributed by atoms with Gasteiger partial charge in [0.15, 0.2) is 0 Å². The van der Waals surface area contributed by atoms with Crippen molar-refractivity contribution < 1.29 is 0 Å². The van der Waals surface area contributed by atoms with Crippen LogP contribution < -0.4 is 4.90 Å². The Morgan fingerprint density at radius 2 is 0.743 bits per heavy atom. The highest BCUT2D eigenvalue weighted by atomic mass is 15.1. The van der Waals surface area contributed by atoms with Gasteiger partial charge in [-0.15, -0.1) is 0 Å². The third kappa shape index (κ3) is 5.95. The highest BCUT2D eigenvalue weighted by molar-refractivity contribution is 6.10. The van der Waals surface area contributed by atoms with Crippen LogP contribution in [-0.2, 0) is 5.41 Å². The molecule has 0 bridgehead atoms. The Hall–Kier alpha value is -9.18. The molecule has 3 heteroatoms. The van der Waals surface area contributed by atoms with Gasteiger partial charge in [-0.25, -0.2) is 0 Å². The number of fused-ring (bicyclic) bond motifs is 9. The third-order valence-corrected chi connectivity index (χ3v) is 14.8. The highest BCUT2D eigenvalue weighted by Crippen LogP contribution is 2.59. The van der Waals surface area contributed by atoms with E-state index >= 15 is 0 Å². The molecule has 0 fully saturated rings. The molecule has 0 saturated heterocycles. The first-order valence-electron chi connectivity index (χ1n) is 24.2. The minimum absolute atomic E-state index is 0.532. The van der Waals surface area contributed by atoms with Gasteiger partial charge >= 0.3 is 0 Å². The Labute approximate surface area is 407 Å². The summed E-state index contributed by atoms with van der Waals surface area (Å²) in [6.07, 6.45) is 0. The van der Waals surface area contributed by atoms with Crippen molar-refractivity contribution in [1.82, 2.24) is 9.13 Å². The second kappa shape index (κ2) is 16.0. The average Bonchev–Trinajstić information content (AvgIpc) is 4.07. The van der Waals surface area contributed by atoms with Crippen LogP contribution >= 0.6 is 0 Å². The van der Waals surface area contributed by atoms with E-state index in [-0.39, 0.29) is 0 Å². The van der Waals surface area contributed by atoms with Gasteiger partial charge in [-0.05, 0) is 112 Å². The number of aromatic nitrogens is 2. The molecule has 1 aliphatic carbocycles. The third-order valence-electron chi connectivity index (χ3n) is 14.8. The molecule has 13 aromatic rings. The number of hydrogen-bond acceptors (Lipinski definition) is 1. The van der Waals surface area contributed by atoms with Crippen LogP contribution in [0.2, 0.25) is 0 Å². The summed E-state index contributed by atoms with van der Waals surface area (Å²) in [4.78, 5) is 2.48. The summed E-state index contributed by atoms with van der Waals surface area (Å²) in [5.74, 6) is 0. The Balaban J connectivity index is 0.954. The molecule has 0 amide bonds. The monoisotopic (exact) mass is 891 g/mol. The standard InChI is InChI=1S/C67H45N3/c1-3-19-48(20-4-1)67(49-21-5-2-6-22-49)59-30-12-7-29-58(59)66-60(67)31-18-36-65(66)68(52-23-17-24-53(45-52)70-63-34-15-10-27-56(63)57-28-11-16-35-64(57)70)50-41-37-46(38-42-50)47-39-43-51(44-40-47)69-61-32-13-8-25-54(61)55-26-9-14-33-62(55)69/h1-45H. The van der Waals surface area contributed by atoms with Crippen molar-refractivity contribution in [3.05, 3.63) is 295 Å². The molecule has 0 unspecified atom stereocenters. The van der Waals surface area contributed by atoms with Crippen LogP contribution in [0, 0.1) is 0 Å². The van der Waals surface area contributed by atoms with Gasteiger partial charge in [0.05, 0.1) is 33.2 Å². The van der Waals surface area contributed by atoms with E-state index in [0.717, 1.165) is 34.0 Å². The van der Waals surface area contributed by atoms with E-state index in [4.69, 9.17) is 0 Å². The Kier molecular flexibility index (Phi) is 9.11. The maximum Gasteiger partial charge on any atom is 0.0714 e. The second-order valence-corrected chi connectivity index (χ2v) is 18.4. The van der Waals surface area contributed by atoms with Crippen molar-refractivity contribution in [1.29, 1.82) is 0 Å². The molecule has 0 atom stereocenters. The first-order valence-corrected chi connectivity index (χ1v) is 24.2. The summed E-state index contributed by atoms with van der Waals surface area (Å²) in [6, 6.07) is 100. The molecule has 0 radical (unpaired) electrons. The van der Waals surface area contributed by atoms with Crippen molar-refractivity contribution in [2.24, 2.45) is 0 Å². The maximum atomic E-state index is 2.48. The summed E-state index contributed by atoms with van der Waals surface area (Å²) < 4.78 is 4.79. The molecule has 0 saturated carbocycles. The normalized spacial score (nSPS) is 12.7. The lowest BCUT2D eigenvalue weighted by molar-refractivity contribution is 0.768. The lowest BCUT2D eigenvalue weighted by Crippen LogP contribution is -2.28. The predicted octanol–water partition coefficient (Wildman–Crippen LogP) is 17.4. The van der Waals surface area contributed by atoms with Crippen LogP contribution in [0.1, 0.15) is 22.3 Å². The number of anilines is 3. The summed E-state index contributed by atoms with van der Waals surface area (Å²) in [5.41, 5.74) is 19.6. The van der Waals surface area contributed by atoms with Gasteiger partial charge in [0.1, 0.15) is 0 Å². The quantitative estimate of drug-likeness (QED) is 0.148. The van der Waals surface area contributed by atoms with Crippen LogP contribution in [-0.4, -0.2) is 9.13 Å². The molecule has 70 heavy (non-hydrogen) atoms. The number of benzene rings is 11. The van der Waals surface area contributed by atoms with Crippen LogP contribution in [0.25, 0.3) is 77.2 Å². The van der Waals surface area contributed by atoms with Gasteiger partial charge in [0, 0.05) is 49.9 Å². The molecular formula is C67H45N3. The zero-order chi connectivity index (χ0) is 46.2. The molecule has 2 heterocycles. The van der Waals surface area contributed by atoms with Gasteiger partial charge in [0.2, 0.25) is 0 Å². The SMILES string of the molecule is c1ccc(C2(c3ccccc3)c3ccccc3-c3c(N(c4ccc(-c5ccc(-n6c7ccccc7c7ccccc76)cc5)cc4)c4cccc(-n5c6ccccc6c6ccccc65)c4)cccc32)cc1. The maximum absolute atomic E-state index is 2.48. The number of nitrogens with zero attached hydrogens (tertiary/aromatic N) is 3. The average molecular weight is 892 g/mol. The molecule has 328 valence electrons. The molecule has 0 spiro atoms. The van der Waals surface area contributed by atoms with Gasteiger partial charge in [-0.2, -0.15) is 0 Å². The summed E-state index contributed by atoms with van der Waals surface area (Å²) in [6.45, 7) is 0. The van der Waals surface area contributed by atoms with E-state index in [9.17, 15) is 0 Å². The topological polar surface area (TPSA) is 13.1 Å². The molecular weight excluding hydrogens is 847 g/mol. The minimum atomic E-state index is -0.532. The number of rotatable bonds is 8. The lowest BCUT2D eigenvalue weighted by Gasteiger charge is -2.34. The van der Waals surface area contributed by atoms with E-state index in [1.807, 2.05) is 0 Å². The van der Waals surface area contributed by atoms with Crippen molar-refractivity contribution in [2.75, 3.05) is 4.90 Å². The zero-order valence-electron chi connectivity index (χ0n) is 38.3. The van der Waals surface area contributed by atoms with E-state index < -0.39 is 5.41 Å². The van der Waals surface area contributed by atoms with E-state index in [1.54, 1.807) is 0 Å². The van der Waals surface area contributed by atoms with Crippen molar-refractivity contribution >= 4 is 60.7 Å². The highest BCUT2D eigenvalue weighted by Gasteiger charge is 2.47. The van der Waals surface area contributed by atoms with Crippen LogP contribution in [0.5, 0.6) is 0 Å². The Morgan fingerprint density at radius 3 is 1.30 bits per heavy atom. The molecule has 0 aliphatic heterocycles. The minimum Gasteiger partial charge on any atom is -0.310 e. The lowest BCUT2D eigenvalue weighted by atomic mass is 9.68. The first kappa shape index (κ1) is 39.9. The van der Waals surface area contributed by atoms with Crippen LogP contribution in [0.4, 0.5) is 17.1 Å². The van der Waals surface area contributed by atoms with E-state index in [2.05, 4.69) is 287 Å². The number of hydrogen-bond donors (Lipinski definition) is 0. The van der Waals surface area contributed by atoms with Crippen molar-refractivity contribution in [2.45, 2.75) is 5.41 Å². The molecule has 0 N–H and O–H groups in total.